The lowest BCUT2D eigenvalue weighted by Gasteiger charge is -2.22. The zero-order chi connectivity index (χ0) is 34.4. The van der Waals surface area contributed by atoms with Crippen LogP contribution in [0.2, 0.25) is 0 Å². The minimum absolute atomic E-state index is 0.308. The van der Waals surface area contributed by atoms with Crippen LogP contribution in [0.4, 0.5) is 0 Å². The largest absolute Gasteiger partial charge is 0.491 e. The molecule has 6 rings (SSSR count). The monoisotopic (exact) mass is 660 g/mol. The summed E-state index contributed by atoms with van der Waals surface area (Å²) in [6.45, 7) is 13.4. The molecule has 3 aromatic carbocycles. The Bertz CT molecular complexity index is 1810. The fraction of sp³-hybridized carbons (Fsp3) is 0.429. The number of carbonyl (C=O) groups is 1. The van der Waals surface area contributed by atoms with Gasteiger partial charge in [0.15, 0.2) is 0 Å². The quantitative estimate of drug-likeness (QED) is 0.108. The van der Waals surface area contributed by atoms with Crippen molar-refractivity contribution in [2.24, 2.45) is 0 Å². The average molecular weight is 661 g/mol. The third-order valence-electron chi connectivity index (χ3n) is 9.40. The molecule has 1 fully saturated rings. The lowest BCUT2D eigenvalue weighted by Crippen LogP contribution is -2.24. The summed E-state index contributed by atoms with van der Waals surface area (Å²) in [4.78, 5) is 20.7. The number of nitrogens with zero attached hydrogens (tertiary/aromatic N) is 3. The SMILES string of the molecule is CCCCc1nc2c(C)ccc(OCCCCCN3CNC4CC=CC=C43)c2n1Cc1ccc(-c2ccccc2C(=O)OC(C)(C)C)cc1. The fourth-order valence-electron chi connectivity index (χ4n) is 6.83. The van der Waals surface area contributed by atoms with Gasteiger partial charge in [0, 0.05) is 25.2 Å². The zero-order valence-corrected chi connectivity index (χ0v) is 29.9. The molecule has 2 heterocycles. The van der Waals surface area contributed by atoms with Crippen molar-refractivity contribution in [3.63, 3.8) is 0 Å². The number of unbranched alkanes of at least 4 members (excludes halogenated alkanes) is 3. The van der Waals surface area contributed by atoms with Crippen LogP contribution in [-0.4, -0.2) is 51.9 Å². The molecule has 1 atom stereocenters. The minimum atomic E-state index is -0.557. The number of aryl methyl sites for hydroxylation is 2. The number of fused-ring (bicyclic) bond motifs is 2. The number of esters is 1. The van der Waals surface area contributed by atoms with Crippen molar-refractivity contribution in [3.05, 3.63) is 107 Å². The molecule has 1 saturated heterocycles. The normalized spacial score (nSPS) is 15.8. The summed E-state index contributed by atoms with van der Waals surface area (Å²) in [5.41, 5.74) is 7.75. The summed E-state index contributed by atoms with van der Waals surface area (Å²) in [7, 11) is 0. The van der Waals surface area contributed by atoms with Gasteiger partial charge in [0.1, 0.15) is 22.7 Å². The molecule has 49 heavy (non-hydrogen) atoms. The van der Waals surface area contributed by atoms with Gasteiger partial charge < -0.3 is 18.9 Å². The van der Waals surface area contributed by atoms with E-state index in [-0.39, 0.29) is 5.97 Å². The van der Waals surface area contributed by atoms with E-state index in [4.69, 9.17) is 14.5 Å². The standard InChI is InChI=1S/C42H52N4O3/c1-6-7-19-38-44-39-30(2)20-25-37(48-27-14-8-13-26-45-29-43-35-17-11-12-18-36(35)45)40(39)46(38)28-31-21-23-32(24-22-31)33-15-9-10-16-34(33)41(47)49-42(3,4)5/h9-12,15-16,18,20-25,35,43H,6-8,13-14,17,19,26-29H2,1-5H3. The Hall–Kier alpha value is -4.36. The molecule has 1 aliphatic carbocycles. The lowest BCUT2D eigenvalue weighted by atomic mass is 9.98. The first-order valence-electron chi connectivity index (χ1n) is 18.1. The molecule has 0 bridgehead atoms. The number of hydrogen-bond acceptors (Lipinski definition) is 6. The molecular formula is C42H52N4O3. The maximum atomic E-state index is 13.0. The predicted octanol–water partition coefficient (Wildman–Crippen LogP) is 8.98. The Morgan fingerprint density at radius 3 is 2.61 bits per heavy atom. The van der Waals surface area contributed by atoms with Gasteiger partial charge in [-0.3, -0.25) is 5.32 Å². The van der Waals surface area contributed by atoms with Gasteiger partial charge in [-0.1, -0.05) is 74.0 Å². The van der Waals surface area contributed by atoms with Crippen molar-refractivity contribution in [2.75, 3.05) is 19.8 Å². The van der Waals surface area contributed by atoms with Crippen LogP contribution >= 0.6 is 0 Å². The molecule has 0 saturated carbocycles. The third kappa shape index (κ3) is 8.27. The van der Waals surface area contributed by atoms with Crippen LogP contribution in [0.25, 0.3) is 22.2 Å². The van der Waals surface area contributed by atoms with Crippen LogP contribution in [0.3, 0.4) is 0 Å². The highest BCUT2D eigenvalue weighted by molar-refractivity contribution is 5.97. The van der Waals surface area contributed by atoms with Gasteiger partial charge in [-0.2, -0.15) is 0 Å². The highest BCUT2D eigenvalue weighted by Crippen LogP contribution is 2.32. The van der Waals surface area contributed by atoms with E-state index in [1.165, 1.54) is 11.3 Å². The van der Waals surface area contributed by atoms with Crippen molar-refractivity contribution in [1.82, 2.24) is 19.8 Å². The number of carbonyl (C=O) groups excluding carboxylic acids is 1. The first-order valence-corrected chi connectivity index (χ1v) is 18.1. The number of hydrogen-bond donors (Lipinski definition) is 1. The number of nitrogens with one attached hydrogen (secondary N) is 1. The van der Waals surface area contributed by atoms with Gasteiger partial charge in [-0.05, 0) is 100 Å². The van der Waals surface area contributed by atoms with E-state index in [1.807, 2.05) is 45.0 Å². The molecule has 0 radical (unpaired) electrons. The van der Waals surface area contributed by atoms with Gasteiger partial charge in [-0.25, -0.2) is 9.78 Å². The molecule has 1 N–H and O–H groups in total. The van der Waals surface area contributed by atoms with Crippen LogP contribution in [-0.2, 0) is 17.7 Å². The first-order chi connectivity index (χ1) is 23.7. The number of allylic oxidation sites excluding steroid dienone is 2. The number of ether oxygens (including phenoxy) is 2. The molecule has 4 aromatic rings. The Morgan fingerprint density at radius 1 is 1.00 bits per heavy atom. The molecule has 1 aromatic heterocycles. The van der Waals surface area contributed by atoms with Crippen molar-refractivity contribution in [1.29, 1.82) is 0 Å². The highest BCUT2D eigenvalue weighted by Gasteiger charge is 2.26. The second kappa shape index (κ2) is 15.5. The Balaban J connectivity index is 1.16. The van der Waals surface area contributed by atoms with E-state index >= 15 is 0 Å². The Labute approximate surface area is 292 Å². The molecule has 1 aliphatic heterocycles. The third-order valence-corrected chi connectivity index (χ3v) is 9.40. The summed E-state index contributed by atoms with van der Waals surface area (Å²) >= 11 is 0. The minimum Gasteiger partial charge on any atom is -0.491 e. The van der Waals surface area contributed by atoms with Crippen molar-refractivity contribution < 1.29 is 14.3 Å². The highest BCUT2D eigenvalue weighted by atomic mass is 16.6. The van der Waals surface area contributed by atoms with Crippen LogP contribution in [0.15, 0.2) is 84.6 Å². The number of aromatic nitrogens is 2. The van der Waals surface area contributed by atoms with Gasteiger partial charge >= 0.3 is 5.97 Å². The second-order valence-electron chi connectivity index (χ2n) is 14.4. The molecule has 0 spiro atoms. The van der Waals surface area contributed by atoms with Crippen LogP contribution in [0.1, 0.15) is 93.5 Å². The first kappa shape index (κ1) is 34.5. The number of rotatable bonds is 14. The van der Waals surface area contributed by atoms with Crippen LogP contribution < -0.4 is 10.1 Å². The van der Waals surface area contributed by atoms with Gasteiger partial charge in [0.25, 0.3) is 0 Å². The number of imidazole rings is 1. The molecular weight excluding hydrogens is 608 g/mol. The van der Waals surface area contributed by atoms with E-state index in [0.29, 0.717) is 24.8 Å². The molecule has 7 heteroatoms. The fourth-order valence-corrected chi connectivity index (χ4v) is 6.83. The Kier molecular flexibility index (Phi) is 10.9. The smallest absolute Gasteiger partial charge is 0.339 e. The summed E-state index contributed by atoms with van der Waals surface area (Å²) in [5.74, 6) is 1.70. The summed E-state index contributed by atoms with van der Waals surface area (Å²) in [6, 6.07) is 20.9. The lowest BCUT2D eigenvalue weighted by molar-refractivity contribution is 0.00704. The van der Waals surface area contributed by atoms with Crippen molar-refractivity contribution >= 4 is 17.0 Å². The molecule has 7 nitrogen and oxygen atoms in total. The molecule has 258 valence electrons. The van der Waals surface area contributed by atoms with E-state index in [0.717, 1.165) is 97.5 Å². The van der Waals surface area contributed by atoms with E-state index in [2.05, 4.69) is 83.3 Å². The van der Waals surface area contributed by atoms with Crippen LogP contribution in [0.5, 0.6) is 5.75 Å². The van der Waals surface area contributed by atoms with E-state index in [9.17, 15) is 4.79 Å². The van der Waals surface area contributed by atoms with Crippen molar-refractivity contribution in [3.8, 4) is 16.9 Å². The maximum Gasteiger partial charge on any atom is 0.339 e. The topological polar surface area (TPSA) is 68.6 Å². The van der Waals surface area contributed by atoms with Crippen molar-refractivity contribution in [2.45, 2.75) is 97.8 Å². The van der Waals surface area contributed by atoms with Gasteiger partial charge in [0.2, 0.25) is 0 Å². The predicted molar refractivity (Wildman–Crippen MR) is 199 cm³/mol. The van der Waals surface area contributed by atoms with Gasteiger partial charge in [0.05, 0.1) is 30.4 Å². The average Bonchev–Trinajstić information content (AvgIpc) is 3.68. The van der Waals surface area contributed by atoms with E-state index in [1.54, 1.807) is 0 Å². The van der Waals surface area contributed by atoms with E-state index < -0.39 is 5.60 Å². The molecule has 1 unspecified atom stereocenters. The second-order valence-corrected chi connectivity index (χ2v) is 14.4. The molecule has 0 amide bonds. The number of benzene rings is 3. The van der Waals surface area contributed by atoms with Crippen LogP contribution in [0, 0.1) is 6.92 Å². The van der Waals surface area contributed by atoms with Gasteiger partial charge in [-0.15, -0.1) is 0 Å². The maximum absolute atomic E-state index is 13.0. The molecule has 2 aliphatic rings. The Morgan fingerprint density at radius 2 is 1.82 bits per heavy atom. The zero-order valence-electron chi connectivity index (χ0n) is 29.9. The summed E-state index contributed by atoms with van der Waals surface area (Å²) < 4.78 is 14.6. The summed E-state index contributed by atoms with van der Waals surface area (Å²) in [6.07, 6.45) is 14.2. The summed E-state index contributed by atoms with van der Waals surface area (Å²) in [5, 5.41) is 3.62.